The molecule has 3 N–H and O–H groups in total. The van der Waals surface area contributed by atoms with Gasteiger partial charge in [-0.15, -0.1) is 0 Å². The zero-order chi connectivity index (χ0) is 33.7. The number of rotatable bonds is 11. The third kappa shape index (κ3) is 6.74. The van der Waals surface area contributed by atoms with Gasteiger partial charge in [0.05, 0.1) is 22.5 Å². The highest BCUT2D eigenvalue weighted by Gasteiger charge is 2.24. The summed E-state index contributed by atoms with van der Waals surface area (Å²) in [4.78, 5) is 36.1. The van der Waals surface area contributed by atoms with Gasteiger partial charge < -0.3 is 19.9 Å². The summed E-state index contributed by atoms with van der Waals surface area (Å²) in [5.41, 5.74) is 6.16. The fourth-order valence-corrected chi connectivity index (χ4v) is 6.19. The van der Waals surface area contributed by atoms with Gasteiger partial charge in [-0.2, -0.15) is 0 Å². The van der Waals surface area contributed by atoms with Crippen molar-refractivity contribution in [1.82, 2.24) is 14.9 Å². The molecule has 2 aliphatic rings. The molecule has 0 amide bonds. The van der Waals surface area contributed by atoms with Gasteiger partial charge in [-0.25, -0.2) is 4.79 Å². The number of hydrogen-bond acceptors (Lipinski definition) is 8. The first kappa shape index (κ1) is 31.3. The number of anilines is 1. The van der Waals surface area contributed by atoms with Crippen LogP contribution in [-0.2, 0) is 26.2 Å². The molecule has 0 unspecified atom stereocenters. The Hall–Kier alpha value is -6.32. The van der Waals surface area contributed by atoms with Gasteiger partial charge in [0.1, 0.15) is 17.1 Å². The van der Waals surface area contributed by atoms with Crippen molar-refractivity contribution in [3.8, 4) is 28.2 Å². The molecule has 0 spiro atoms. The number of para-hydroxylation sites is 1. The zero-order valence-corrected chi connectivity index (χ0v) is 26.4. The van der Waals surface area contributed by atoms with E-state index in [2.05, 4.69) is 26.3 Å². The molecule has 0 radical (unpaired) electrons. The number of carboxylic acids is 1. The van der Waals surface area contributed by atoms with E-state index in [1.807, 2.05) is 54.6 Å². The topological polar surface area (TPSA) is 129 Å². The van der Waals surface area contributed by atoms with Gasteiger partial charge in [-0.1, -0.05) is 48.5 Å². The molecule has 242 valence electrons. The molecule has 3 aromatic carbocycles. The van der Waals surface area contributed by atoms with Crippen molar-refractivity contribution in [2.24, 2.45) is 0 Å². The quantitative estimate of drug-likeness (QED) is 0.122. The van der Waals surface area contributed by atoms with Crippen molar-refractivity contribution in [3.63, 3.8) is 0 Å². The molecule has 0 atom stereocenters. The summed E-state index contributed by atoms with van der Waals surface area (Å²) in [5.74, 6) is -0.777. The maximum Gasteiger partial charge on any atom is 0.336 e. The summed E-state index contributed by atoms with van der Waals surface area (Å²) in [5, 5.41) is 25.3. The van der Waals surface area contributed by atoms with E-state index in [1.165, 1.54) is 12.1 Å². The second-order valence-corrected chi connectivity index (χ2v) is 11.7. The lowest BCUT2D eigenvalue weighted by molar-refractivity contribution is 0.0697. The van der Waals surface area contributed by atoms with Crippen LogP contribution in [-0.4, -0.2) is 31.1 Å². The molecule has 3 heterocycles. The number of carboxylic acid groups (broad SMARTS) is 1. The number of carbonyl (C=O) groups is 1. The minimum absolute atomic E-state index is 0.00302. The number of phenols is 1. The van der Waals surface area contributed by atoms with Crippen LogP contribution in [0.4, 0.5) is 5.69 Å². The lowest BCUT2D eigenvalue weighted by Gasteiger charge is -2.24. The highest BCUT2D eigenvalue weighted by atomic mass is 16.4. The third-order valence-electron chi connectivity index (χ3n) is 8.46. The van der Waals surface area contributed by atoms with Crippen LogP contribution in [0.3, 0.4) is 0 Å². The summed E-state index contributed by atoms with van der Waals surface area (Å²) < 4.78 is 6.35. The first-order valence-corrected chi connectivity index (χ1v) is 15.8. The Morgan fingerprint density at radius 3 is 2.16 bits per heavy atom. The predicted octanol–water partition coefficient (Wildman–Crippen LogP) is 7.57. The summed E-state index contributed by atoms with van der Waals surface area (Å²) in [6.07, 6.45) is 3.58. The van der Waals surface area contributed by atoms with Crippen molar-refractivity contribution in [2.45, 2.75) is 26.2 Å². The molecule has 7 rings (SSSR count). The number of phenolic OH excluding ortho intramolecular Hbond substituents is 1. The van der Waals surface area contributed by atoms with Crippen molar-refractivity contribution in [1.29, 1.82) is 0 Å². The van der Waals surface area contributed by atoms with E-state index in [-0.39, 0.29) is 23.3 Å². The van der Waals surface area contributed by atoms with E-state index in [0.717, 1.165) is 22.6 Å². The maximum atomic E-state index is 12.4. The number of fused-ring (bicyclic) bond motifs is 2. The van der Waals surface area contributed by atoms with Crippen LogP contribution in [0.15, 0.2) is 137 Å². The summed E-state index contributed by atoms with van der Waals surface area (Å²) in [7, 11) is 0. The Labute approximate surface area is 282 Å². The third-order valence-corrected chi connectivity index (χ3v) is 8.46. The fourth-order valence-electron chi connectivity index (χ4n) is 6.19. The van der Waals surface area contributed by atoms with Crippen molar-refractivity contribution in [3.05, 3.63) is 166 Å². The molecule has 9 nitrogen and oxygen atoms in total. The SMILES string of the molecule is O=C(O)c1ccccc1-c1c2ccc(=O)cc-2oc2c(CNc3ccccc3CN(Cc3ccccn3)Cc3ccccn3)c(O)ccc12. The highest BCUT2D eigenvalue weighted by Crippen LogP contribution is 2.43. The number of nitrogens with zero attached hydrogens (tertiary/aromatic N) is 3. The number of hydrogen-bond donors (Lipinski definition) is 3. The molecule has 0 saturated heterocycles. The average Bonchev–Trinajstić information content (AvgIpc) is 3.11. The lowest BCUT2D eigenvalue weighted by atomic mass is 9.90. The van der Waals surface area contributed by atoms with Crippen LogP contribution in [0.2, 0.25) is 0 Å². The number of aromatic carboxylic acids is 1. The summed E-state index contributed by atoms with van der Waals surface area (Å²) in [6, 6.07) is 34.3. The van der Waals surface area contributed by atoms with E-state index in [9.17, 15) is 19.8 Å². The van der Waals surface area contributed by atoms with E-state index < -0.39 is 5.97 Å². The number of pyridine rings is 2. The summed E-state index contributed by atoms with van der Waals surface area (Å²) in [6.45, 7) is 2.01. The first-order valence-electron chi connectivity index (χ1n) is 15.8. The number of benzene rings is 4. The monoisotopic (exact) mass is 648 g/mol. The molecule has 0 fully saturated rings. The van der Waals surface area contributed by atoms with Crippen LogP contribution >= 0.6 is 0 Å². The number of aromatic hydroxyl groups is 1. The van der Waals surface area contributed by atoms with Gasteiger partial charge in [0.25, 0.3) is 0 Å². The maximum absolute atomic E-state index is 12.4. The smallest absolute Gasteiger partial charge is 0.336 e. The first-order chi connectivity index (χ1) is 23.9. The predicted molar refractivity (Wildman–Crippen MR) is 188 cm³/mol. The van der Waals surface area contributed by atoms with Crippen LogP contribution in [0.25, 0.3) is 33.4 Å². The van der Waals surface area contributed by atoms with E-state index in [4.69, 9.17) is 4.42 Å². The molecule has 9 heteroatoms. The number of aromatic nitrogens is 2. The molecule has 49 heavy (non-hydrogen) atoms. The Morgan fingerprint density at radius 1 is 0.755 bits per heavy atom. The number of nitrogens with one attached hydrogen (secondary N) is 1. The van der Waals surface area contributed by atoms with Gasteiger partial charge in [0.2, 0.25) is 0 Å². The van der Waals surface area contributed by atoms with Crippen molar-refractivity contribution in [2.75, 3.05) is 5.32 Å². The van der Waals surface area contributed by atoms with E-state index >= 15 is 0 Å². The van der Waals surface area contributed by atoms with Crippen LogP contribution < -0.4 is 10.7 Å². The second-order valence-electron chi connectivity index (χ2n) is 11.7. The van der Waals surface area contributed by atoms with Crippen LogP contribution in [0.5, 0.6) is 5.75 Å². The minimum Gasteiger partial charge on any atom is -0.507 e. The Kier molecular flexibility index (Phi) is 8.82. The zero-order valence-electron chi connectivity index (χ0n) is 26.4. The average molecular weight is 649 g/mol. The summed E-state index contributed by atoms with van der Waals surface area (Å²) >= 11 is 0. The van der Waals surface area contributed by atoms with Crippen molar-refractivity contribution < 1.29 is 19.4 Å². The van der Waals surface area contributed by atoms with Gasteiger partial charge in [-0.3, -0.25) is 19.7 Å². The largest absolute Gasteiger partial charge is 0.507 e. The van der Waals surface area contributed by atoms with Gasteiger partial charge in [-0.05, 0) is 71.8 Å². The van der Waals surface area contributed by atoms with Crippen LogP contribution in [0.1, 0.15) is 32.9 Å². The van der Waals surface area contributed by atoms with Gasteiger partial charge in [0, 0.05) is 66.8 Å². The standard InChI is InChI=1S/C40H32N4O5/c45-29-15-16-32-37(21-29)49-39-33(38(32)30-12-2-3-13-31(30)40(47)48)17-18-36(46)34(39)22-43-35-14-4-1-9-26(35)23-44(24-27-10-5-7-19-41-27)25-28-11-6-8-20-42-28/h1-21,43,46H,22-25H2,(H,47,48). The van der Waals surface area contributed by atoms with Crippen molar-refractivity contribution >= 4 is 22.6 Å². The van der Waals surface area contributed by atoms with E-state index in [0.29, 0.717) is 58.6 Å². The molecule has 0 bridgehead atoms. The van der Waals surface area contributed by atoms with Gasteiger partial charge in [0.15, 0.2) is 5.43 Å². The Morgan fingerprint density at radius 2 is 1.45 bits per heavy atom. The molecule has 1 aliphatic carbocycles. The highest BCUT2D eigenvalue weighted by molar-refractivity contribution is 6.08. The van der Waals surface area contributed by atoms with Gasteiger partial charge >= 0.3 is 5.97 Å². The molecule has 5 aromatic rings. The minimum atomic E-state index is -1.07. The molecule has 1 aliphatic heterocycles. The molecular weight excluding hydrogens is 616 g/mol. The molecular formula is C40H32N4O5. The lowest BCUT2D eigenvalue weighted by Crippen LogP contribution is -2.24. The molecule has 2 aromatic heterocycles. The normalized spacial score (nSPS) is 11.3. The van der Waals surface area contributed by atoms with E-state index in [1.54, 1.807) is 54.9 Å². The fraction of sp³-hybridized carbons (Fsp3) is 0.100. The Bertz CT molecular complexity index is 2250. The Balaban J connectivity index is 1.27. The second kappa shape index (κ2) is 13.8. The molecule has 0 saturated carbocycles. The van der Waals surface area contributed by atoms with Crippen LogP contribution in [0, 0.1) is 0 Å².